The van der Waals surface area contributed by atoms with Gasteiger partial charge in [0.25, 0.3) is 11.6 Å². The summed E-state index contributed by atoms with van der Waals surface area (Å²) >= 11 is 0. The summed E-state index contributed by atoms with van der Waals surface area (Å²) in [6.45, 7) is 4.59. The Bertz CT molecular complexity index is 920. The molecule has 0 aliphatic carbocycles. The van der Waals surface area contributed by atoms with Gasteiger partial charge in [-0.25, -0.2) is 0 Å². The van der Waals surface area contributed by atoms with Gasteiger partial charge in [-0.2, -0.15) is 5.10 Å². The topological polar surface area (TPSA) is 121 Å². The molecule has 1 aromatic carbocycles. The summed E-state index contributed by atoms with van der Waals surface area (Å²) in [5.74, 6) is -0.224. The van der Waals surface area contributed by atoms with Crippen LogP contribution in [-0.4, -0.2) is 39.5 Å². The number of nitrogens with one attached hydrogen (secondary N) is 1. The number of benzene rings is 1. The average molecular weight is 373 g/mol. The highest BCUT2D eigenvalue weighted by Gasteiger charge is 2.31. The van der Waals surface area contributed by atoms with Crippen molar-refractivity contribution in [1.82, 2.24) is 9.78 Å². The minimum Gasteiger partial charge on any atom is -0.494 e. The summed E-state index contributed by atoms with van der Waals surface area (Å²) in [7, 11) is 1.37. The first kappa shape index (κ1) is 18.4. The molecular formula is C17H19N5O5. The van der Waals surface area contributed by atoms with Crippen molar-refractivity contribution in [2.24, 2.45) is 5.16 Å². The molecule has 0 radical (unpaired) electrons. The summed E-state index contributed by atoms with van der Waals surface area (Å²) < 4.78 is 6.92. The van der Waals surface area contributed by atoms with Crippen LogP contribution in [0.4, 0.5) is 11.4 Å². The van der Waals surface area contributed by atoms with Gasteiger partial charge in [0, 0.05) is 30.8 Å². The number of ether oxygens (including phenoxy) is 1. The molecule has 10 nitrogen and oxygen atoms in total. The van der Waals surface area contributed by atoms with Gasteiger partial charge in [-0.15, -0.1) is 0 Å². The molecule has 142 valence electrons. The number of aryl methyl sites for hydroxylation is 2. The Balaban J connectivity index is 1.70. The Hall–Kier alpha value is -3.43. The molecule has 0 saturated carbocycles. The van der Waals surface area contributed by atoms with E-state index < -0.39 is 16.9 Å². The van der Waals surface area contributed by atoms with Gasteiger partial charge in [0.15, 0.2) is 0 Å². The van der Waals surface area contributed by atoms with Crippen LogP contribution in [-0.2, 0) is 16.2 Å². The van der Waals surface area contributed by atoms with Crippen LogP contribution in [0, 0.1) is 17.0 Å². The summed E-state index contributed by atoms with van der Waals surface area (Å²) in [6, 6.07) is 3.95. The molecule has 1 aromatic heterocycles. The quantitative estimate of drug-likeness (QED) is 0.612. The molecule has 0 fully saturated rings. The fraction of sp³-hybridized carbons (Fsp3) is 0.353. The monoisotopic (exact) mass is 373 g/mol. The summed E-state index contributed by atoms with van der Waals surface area (Å²) in [5, 5.41) is 21.9. The molecule has 1 unspecified atom stereocenters. The summed E-state index contributed by atoms with van der Waals surface area (Å²) in [4.78, 5) is 28.1. The van der Waals surface area contributed by atoms with Crippen molar-refractivity contribution in [3.05, 3.63) is 45.8 Å². The molecule has 1 amide bonds. The second-order valence-corrected chi connectivity index (χ2v) is 5.95. The van der Waals surface area contributed by atoms with Crippen molar-refractivity contribution in [2.75, 3.05) is 12.4 Å². The highest BCUT2D eigenvalue weighted by Crippen LogP contribution is 2.30. The van der Waals surface area contributed by atoms with Gasteiger partial charge in [0.2, 0.25) is 6.10 Å². The third kappa shape index (κ3) is 3.73. The molecule has 1 atom stereocenters. The Labute approximate surface area is 154 Å². The lowest BCUT2D eigenvalue weighted by Gasteiger charge is -2.12. The zero-order valence-electron chi connectivity index (χ0n) is 15.1. The molecule has 10 heteroatoms. The van der Waals surface area contributed by atoms with Crippen LogP contribution < -0.4 is 10.1 Å². The minimum absolute atomic E-state index is 0.129. The molecule has 2 heterocycles. The van der Waals surface area contributed by atoms with Gasteiger partial charge in [-0.05, 0) is 19.9 Å². The van der Waals surface area contributed by atoms with Crippen LogP contribution in [0.2, 0.25) is 0 Å². The first-order chi connectivity index (χ1) is 12.9. The number of amides is 1. The van der Waals surface area contributed by atoms with Crippen LogP contribution in [0.1, 0.15) is 24.6 Å². The van der Waals surface area contributed by atoms with E-state index in [1.54, 1.807) is 4.68 Å². The van der Waals surface area contributed by atoms with E-state index in [4.69, 9.17) is 9.57 Å². The molecule has 0 spiro atoms. The lowest BCUT2D eigenvalue weighted by atomic mass is 10.1. The number of methoxy groups -OCH3 is 1. The molecule has 1 aliphatic heterocycles. The average Bonchev–Trinajstić information content (AvgIpc) is 3.28. The second-order valence-electron chi connectivity index (χ2n) is 5.95. The number of hydrogen-bond donors (Lipinski definition) is 1. The molecule has 0 saturated heterocycles. The van der Waals surface area contributed by atoms with Crippen LogP contribution in [0.15, 0.2) is 29.6 Å². The number of anilines is 1. The highest BCUT2D eigenvalue weighted by molar-refractivity contribution is 6.06. The van der Waals surface area contributed by atoms with Gasteiger partial charge in [-0.3, -0.25) is 19.6 Å². The normalized spacial score (nSPS) is 15.8. The van der Waals surface area contributed by atoms with Crippen molar-refractivity contribution < 1.29 is 19.3 Å². The predicted octanol–water partition coefficient (Wildman–Crippen LogP) is 2.26. The SMILES string of the molecule is CCn1cc(C2=NOC(C(=O)Nc3ccc([N+](=O)[O-])cc3OC)C2)c(C)n1. The maximum atomic E-state index is 12.5. The van der Waals surface area contributed by atoms with E-state index in [0.29, 0.717) is 17.8 Å². The van der Waals surface area contributed by atoms with Gasteiger partial charge >= 0.3 is 0 Å². The molecule has 0 bridgehead atoms. The third-order valence-corrected chi connectivity index (χ3v) is 4.20. The van der Waals surface area contributed by atoms with E-state index in [0.717, 1.165) is 17.8 Å². The van der Waals surface area contributed by atoms with Gasteiger partial charge in [-0.1, -0.05) is 5.16 Å². The standard InChI is InChI=1S/C17H19N5O5/c1-4-21-9-12(10(2)19-21)14-8-16(27-20-14)17(23)18-13-6-5-11(22(24)25)7-15(13)26-3/h5-7,9,16H,4,8H2,1-3H3,(H,18,23). The number of aromatic nitrogens is 2. The zero-order chi connectivity index (χ0) is 19.6. The number of nitro benzene ring substituents is 1. The first-order valence-electron chi connectivity index (χ1n) is 8.33. The summed E-state index contributed by atoms with van der Waals surface area (Å²) in [6.07, 6.45) is 1.37. The second kappa shape index (κ2) is 7.44. The fourth-order valence-electron chi connectivity index (χ4n) is 2.75. The zero-order valence-corrected chi connectivity index (χ0v) is 15.1. The highest BCUT2D eigenvalue weighted by atomic mass is 16.6. The molecule has 2 aromatic rings. The number of nitro groups is 1. The number of non-ortho nitro benzene ring substituents is 1. The lowest BCUT2D eigenvalue weighted by Crippen LogP contribution is -2.28. The van der Waals surface area contributed by atoms with Gasteiger partial charge < -0.3 is 14.9 Å². The number of oxime groups is 1. The van der Waals surface area contributed by atoms with E-state index in [-0.39, 0.29) is 11.4 Å². The van der Waals surface area contributed by atoms with E-state index in [9.17, 15) is 14.9 Å². The van der Waals surface area contributed by atoms with Crippen molar-refractivity contribution in [2.45, 2.75) is 32.9 Å². The Morgan fingerprint density at radius 3 is 2.93 bits per heavy atom. The van der Waals surface area contributed by atoms with Gasteiger partial charge in [0.1, 0.15) is 5.75 Å². The molecule has 1 aliphatic rings. The number of carbonyl (C=O) groups is 1. The van der Waals surface area contributed by atoms with Crippen LogP contribution in [0.5, 0.6) is 5.75 Å². The number of rotatable bonds is 6. The van der Waals surface area contributed by atoms with Crippen molar-refractivity contribution in [3.8, 4) is 5.75 Å². The van der Waals surface area contributed by atoms with Crippen molar-refractivity contribution in [1.29, 1.82) is 0 Å². The predicted molar refractivity (Wildman–Crippen MR) is 96.9 cm³/mol. The van der Waals surface area contributed by atoms with E-state index in [2.05, 4.69) is 15.6 Å². The fourth-order valence-corrected chi connectivity index (χ4v) is 2.75. The third-order valence-electron chi connectivity index (χ3n) is 4.20. The van der Waals surface area contributed by atoms with Crippen LogP contribution in [0.3, 0.4) is 0 Å². The smallest absolute Gasteiger partial charge is 0.273 e. The first-order valence-corrected chi connectivity index (χ1v) is 8.33. The Morgan fingerprint density at radius 1 is 1.52 bits per heavy atom. The largest absolute Gasteiger partial charge is 0.494 e. The molecule has 3 rings (SSSR count). The van der Waals surface area contributed by atoms with Crippen molar-refractivity contribution >= 4 is 23.0 Å². The van der Waals surface area contributed by atoms with Crippen LogP contribution in [0.25, 0.3) is 0 Å². The van der Waals surface area contributed by atoms with Crippen molar-refractivity contribution in [3.63, 3.8) is 0 Å². The molecule has 27 heavy (non-hydrogen) atoms. The van der Waals surface area contributed by atoms with E-state index in [1.165, 1.54) is 25.3 Å². The molecule has 1 N–H and O–H groups in total. The Morgan fingerprint density at radius 2 is 2.30 bits per heavy atom. The maximum absolute atomic E-state index is 12.5. The van der Waals surface area contributed by atoms with E-state index >= 15 is 0 Å². The van der Waals surface area contributed by atoms with Crippen LogP contribution >= 0.6 is 0 Å². The molecular weight excluding hydrogens is 354 g/mol. The number of carbonyl (C=O) groups excluding carboxylic acids is 1. The minimum atomic E-state index is -0.802. The van der Waals surface area contributed by atoms with Gasteiger partial charge in [0.05, 0.1) is 35.2 Å². The number of nitrogens with zero attached hydrogens (tertiary/aromatic N) is 4. The maximum Gasteiger partial charge on any atom is 0.273 e. The summed E-state index contributed by atoms with van der Waals surface area (Å²) in [5.41, 5.74) is 2.51. The lowest BCUT2D eigenvalue weighted by molar-refractivity contribution is -0.384. The van der Waals surface area contributed by atoms with E-state index in [1.807, 2.05) is 20.0 Å². The number of hydrogen-bond acceptors (Lipinski definition) is 7. The Kier molecular flexibility index (Phi) is 5.06.